The van der Waals surface area contributed by atoms with E-state index < -0.39 is 0 Å². The number of benzene rings is 1. The standard InChI is InChI=1S/C14H16N8S/c1-10(13-15-17-20-22(13)12-7-8-12)23-14-16-18-19-21(14)9-11-5-3-2-4-6-11/h2-6,10,12H,7-9H2,1H3/t10-/m1/s1. The minimum absolute atomic E-state index is 0.0890. The number of aromatic nitrogens is 8. The SMILES string of the molecule is C[C@@H](Sc1nnnn1Cc1ccccc1)c1nnnn1C1CC1. The van der Waals surface area contributed by atoms with Crippen molar-refractivity contribution in [3.63, 3.8) is 0 Å². The fourth-order valence-corrected chi connectivity index (χ4v) is 3.28. The van der Waals surface area contributed by atoms with Crippen LogP contribution in [-0.2, 0) is 6.54 Å². The summed E-state index contributed by atoms with van der Waals surface area (Å²) in [5, 5.41) is 25.0. The Balaban J connectivity index is 1.50. The molecular weight excluding hydrogens is 312 g/mol. The van der Waals surface area contributed by atoms with E-state index in [2.05, 4.69) is 50.1 Å². The van der Waals surface area contributed by atoms with Gasteiger partial charge in [0.15, 0.2) is 5.82 Å². The predicted octanol–water partition coefficient (Wildman–Crippen LogP) is 1.90. The topological polar surface area (TPSA) is 87.2 Å². The summed E-state index contributed by atoms with van der Waals surface area (Å²) in [6.45, 7) is 2.73. The Morgan fingerprint density at radius 3 is 2.70 bits per heavy atom. The molecule has 9 heteroatoms. The fraction of sp³-hybridized carbons (Fsp3) is 0.429. The molecule has 0 bridgehead atoms. The molecule has 2 aromatic heterocycles. The summed E-state index contributed by atoms with van der Waals surface area (Å²) in [4.78, 5) is 0. The maximum absolute atomic E-state index is 4.17. The van der Waals surface area contributed by atoms with Crippen LogP contribution in [-0.4, -0.2) is 40.4 Å². The Morgan fingerprint density at radius 2 is 1.91 bits per heavy atom. The van der Waals surface area contributed by atoms with Crippen LogP contribution in [0.2, 0.25) is 0 Å². The van der Waals surface area contributed by atoms with Crippen LogP contribution in [0.3, 0.4) is 0 Å². The van der Waals surface area contributed by atoms with Gasteiger partial charge in [-0.1, -0.05) is 42.1 Å². The molecule has 0 N–H and O–H groups in total. The summed E-state index contributed by atoms with van der Waals surface area (Å²) in [6, 6.07) is 10.6. The van der Waals surface area contributed by atoms with Crippen LogP contribution in [0.25, 0.3) is 0 Å². The van der Waals surface area contributed by atoms with Gasteiger partial charge in [-0.25, -0.2) is 9.36 Å². The van der Waals surface area contributed by atoms with Crippen LogP contribution in [0.1, 0.15) is 42.4 Å². The average Bonchev–Trinajstić information content (AvgIpc) is 3.13. The normalized spacial score (nSPS) is 15.7. The van der Waals surface area contributed by atoms with E-state index in [-0.39, 0.29) is 5.25 Å². The molecule has 0 unspecified atom stereocenters. The first-order valence-electron chi connectivity index (χ1n) is 7.56. The molecule has 4 rings (SSSR count). The molecule has 0 saturated heterocycles. The van der Waals surface area contributed by atoms with E-state index in [0.29, 0.717) is 12.6 Å². The zero-order valence-electron chi connectivity index (χ0n) is 12.6. The third-order valence-electron chi connectivity index (χ3n) is 3.73. The summed E-state index contributed by atoms with van der Waals surface area (Å²) in [7, 11) is 0. The molecule has 8 nitrogen and oxygen atoms in total. The van der Waals surface area contributed by atoms with E-state index in [1.165, 1.54) is 0 Å². The summed E-state index contributed by atoms with van der Waals surface area (Å²) < 4.78 is 3.74. The Kier molecular flexibility index (Phi) is 3.78. The molecule has 118 valence electrons. The molecule has 1 saturated carbocycles. The zero-order valence-corrected chi connectivity index (χ0v) is 13.5. The first-order chi connectivity index (χ1) is 11.3. The highest BCUT2D eigenvalue weighted by Crippen LogP contribution is 2.39. The number of thioether (sulfide) groups is 1. The van der Waals surface area contributed by atoms with Crippen LogP contribution in [0, 0.1) is 0 Å². The van der Waals surface area contributed by atoms with Crippen LogP contribution in [0.15, 0.2) is 35.5 Å². The van der Waals surface area contributed by atoms with Gasteiger partial charge in [-0.3, -0.25) is 0 Å². The van der Waals surface area contributed by atoms with Gasteiger partial charge in [0.25, 0.3) is 0 Å². The van der Waals surface area contributed by atoms with Crippen molar-refractivity contribution in [3.05, 3.63) is 41.7 Å². The van der Waals surface area contributed by atoms with E-state index in [1.54, 1.807) is 11.8 Å². The van der Waals surface area contributed by atoms with E-state index in [0.717, 1.165) is 29.4 Å². The van der Waals surface area contributed by atoms with E-state index >= 15 is 0 Å². The van der Waals surface area contributed by atoms with Gasteiger partial charge in [0, 0.05) is 0 Å². The highest BCUT2D eigenvalue weighted by Gasteiger charge is 2.30. The van der Waals surface area contributed by atoms with Crippen molar-refractivity contribution in [3.8, 4) is 0 Å². The van der Waals surface area contributed by atoms with Crippen molar-refractivity contribution < 1.29 is 0 Å². The van der Waals surface area contributed by atoms with Crippen LogP contribution in [0.4, 0.5) is 0 Å². The van der Waals surface area contributed by atoms with Gasteiger partial charge < -0.3 is 0 Å². The number of hydrogen-bond donors (Lipinski definition) is 0. The Bertz CT molecular complexity index is 779. The number of nitrogens with zero attached hydrogens (tertiary/aromatic N) is 8. The highest BCUT2D eigenvalue weighted by molar-refractivity contribution is 7.99. The molecule has 0 aliphatic heterocycles. The van der Waals surface area contributed by atoms with Crippen molar-refractivity contribution in [2.24, 2.45) is 0 Å². The van der Waals surface area contributed by atoms with Gasteiger partial charge in [-0.05, 0) is 46.2 Å². The molecule has 0 spiro atoms. The molecular formula is C14H16N8S. The summed E-state index contributed by atoms with van der Waals surface area (Å²) in [5.74, 6) is 0.881. The zero-order chi connectivity index (χ0) is 15.6. The fourth-order valence-electron chi connectivity index (χ4n) is 2.39. The Labute approximate surface area is 137 Å². The first-order valence-corrected chi connectivity index (χ1v) is 8.44. The average molecular weight is 328 g/mol. The summed E-state index contributed by atoms with van der Waals surface area (Å²) in [5.41, 5.74) is 1.16. The maximum Gasteiger partial charge on any atom is 0.210 e. The van der Waals surface area contributed by atoms with Crippen molar-refractivity contribution in [2.75, 3.05) is 0 Å². The smallest absolute Gasteiger partial charge is 0.210 e. The minimum atomic E-state index is 0.0890. The molecule has 1 aliphatic rings. The lowest BCUT2D eigenvalue weighted by Gasteiger charge is -2.10. The quantitative estimate of drug-likeness (QED) is 0.639. The summed E-state index contributed by atoms with van der Waals surface area (Å²) >= 11 is 1.58. The molecule has 2 heterocycles. The molecule has 3 aromatic rings. The van der Waals surface area contributed by atoms with Crippen LogP contribution >= 0.6 is 11.8 Å². The molecule has 23 heavy (non-hydrogen) atoms. The lowest BCUT2D eigenvalue weighted by atomic mass is 10.2. The third kappa shape index (κ3) is 3.09. The second-order valence-corrected chi connectivity index (χ2v) is 6.89. The van der Waals surface area contributed by atoms with Gasteiger partial charge in [-0.2, -0.15) is 0 Å². The summed E-state index contributed by atoms with van der Waals surface area (Å²) in [6.07, 6.45) is 2.31. The Hall–Kier alpha value is -2.29. The highest BCUT2D eigenvalue weighted by atomic mass is 32.2. The minimum Gasteiger partial charge on any atom is -0.225 e. The van der Waals surface area contributed by atoms with Gasteiger partial charge in [0.1, 0.15) is 0 Å². The van der Waals surface area contributed by atoms with Gasteiger partial charge in [-0.15, -0.1) is 10.2 Å². The third-order valence-corrected chi connectivity index (χ3v) is 4.80. The second-order valence-electron chi connectivity index (χ2n) is 5.58. The molecule has 1 aliphatic carbocycles. The molecule has 1 aromatic carbocycles. The lowest BCUT2D eigenvalue weighted by molar-refractivity contribution is 0.580. The second kappa shape index (κ2) is 6.07. The maximum atomic E-state index is 4.17. The molecule has 0 amide bonds. The van der Waals surface area contributed by atoms with E-state index in [9.17, 15) is 0 Å². The molecule has 1 atom stereocenters. The predicted molar refractivity (Wildman–Crippen MR) is 83.7 cm³/mol. The molecule has 0 radical (unpaired) electrons. The van der Waals surface area contributed by atoms with Crippen molar-refractivity contribution in [1.82, 2.24) is 40.4 Å². The van der Waals surface area contributed by atoms with Crippen molar-refractivity contribution in [1.29, 1.82) is 0 Å². The van der Waals surface area contributed by atoms with Gasteiger partial charge in [0.2, 0.25) is 5.16 Å². The largest absolute Gasteiger partial charge is 0.225 e. The van der Waals surface area contributed by atoms with Gasteiger partial charge in [0.05, 0.1) is 17.8 Å². The van der Waals surface area contributed by atoms with E-state index in [4.69, 9.17) is 0 Å². The number of hydrogen-bond acceptors (Lipinski definition) is 7. The first kappa shape index (κ1) is 14.3. The number of tetrazole rings is 2. The van der Waals surface area contributed by atoms with E-state index in [1.807, 2.05) is 27.6 Å². The number of rotatable bonds is 6. The Morgan fingerprint density at radius 1 is 1.13 bits per heavy atom. The van der Waals surface area contributed by atoms with Gasteiger partial charge >= 0.3 is 0 Å². The van der Waals surface area contributed by atoms with Crippen molar-refractivity contribution >= 4 is 11.8 Å². The van der Waals surface area contributed by atoms with Crippen molar-refractivity contribution in [2.45, 2.75) is 42.8 Å². The van der Waals surface area contributed by atoms with Crippen LogP contribution < -0.4 is 0 Å². The lowest BCUT2D eigenvalue weighted by Crippen LogP contribution is -2.08. The molecule has 1 fully saturated rings. The monoisotopic (exact) mass is 328 g/mol. The van der Waals surface area contributed by atoms with Crippen LogP contribution in [0.5, 0.6) is 0 Å².